The van der Waals surface area contributed by atoms with Crippen molar-refractivity contribution in [2.75, 3.05) is 17.7 Å². The number of fused-ring (bicyclic) bond motifs is 1. The first-order valence-electron chi connectivity index (χ1n) is 6.74. The smallest absolute Gasteiger partial charge is 0.136 e. The lowest BCUT2D eigenvalue weighted by Gasteiger charge is -2.20. The van der Waals surface area contributed by atoms with E-state index in [0.29, 0.717) is 0 Å². The molecule has 4 heteroatoms. The van der Waals surface area contributed by atoms with E-state index in [1.54, 1.807) is 0 Å². The molecule has 0 aliphatic rings. The minimum atomic E-state index is 0.768. The molecule has 106 valence electrons. The molecule has 0 aliphatic carbocycles. The van der Waals surface area contributed by atoms with Crippen molar-refractivity contribution < 1.29 is 0 Å². The quantitative estimate of drug-likeness (QED) is 0.725. The molecule has 0 fully saturated rings. The molecule has 2 N–H and O–H groups in total. The SMILES string of the molecule is CN(Cc1cccc(N)c1)c1nccc2c(Br)cccc12. The van der Waals surface area contributed by atoms with E-state index >= 15 is 0 Å². The number of pyridine rings is 1. The molecule has 0 radical (unpaired) electrons. The Kier molecular flexibility index (Phi) is 3.80. The van der Waals surface area contributed by atoms with Gasteiger partial charge in [-0.3, -0.25) is 0 Å². The Hall–Kier alpha value is -2.07. The van der Waals surface area contributed by atoms with Crippen LogP contribution in [0.1, 0.15) is 5.56 Å². The van der Waals surface area contributed by atoms with E-state index < -0.39 is 0 Å². The molecule has 3 rings (SSSR count). The van der Waals surface area contributed by atoms with Crippen LogP contribution < -0.4 is 10.6 Å². The summed E-state index contributed by atoms with van der Waals surface area (Å²) in [5.41, 5.74) is 7.80. The van der Waals surface area contributed by atoms with E-state index in [1.807, 2.05) is 49.6 Å². The molecule has 0 atom stereocenters. The number of hydrogen-bond donors (Lipinski definition) is 1. The zero-order chi connectivity index (χ0) is 14.8. The lowest BCUT2D eigenvalue weighted by Crippen LogP contribution is -2.18. The van der Waals surface area contributed by atoms with Crippen molar-refractivity contribution in [2.24, 2.45) is 0 Å². The number of hydrogen-bond acceptors (Lipinski definition) is 3. The summed E-state index contributed by atoms with van der Waals surface area (Å²) in [5, 5.41) is 2.31. The molecule has 0 saturated heterocycles. The molecule has 2 aromatic carbocycles. The van der Waals surface area contributed by atoms with Crippen molar-refractivity contribution in [1.29, 1.82) is 0 Å². The second kappa shape index (κ2) is 5.74. The molecule has 21 heavy (non-hydrogen) atoms. The van der Waals surface area contributed by atoms with Crippen molar-refractivity contribution in [1.82, 2.24) is 4.98 Å². The van der Waals surface area contributed by atoms with Crippen LogP contribution in [0.5, 0.6) is 0 Å². The van der Waals surface area contributed by atoms with Crippen LogP contribution in [0.4, 0.5) is 11.5 Å². The minimum absolute atomic E-state index is 0.768. The van der Waals surface area contributed by atoms with Gasteiger partial charge in [-0.25, -0.2) is 4.98 Å². The third kappa shape index (κ3) is 2.85. The summed E-state index contributed by atoms with van der Waals surface area (Å²) in [5.74, 6) is 0.969. The lowest BCUT2D eigenvalue weighted by atomic mass is 10.1. The van der Waals surface area contributed by atoms with E-state index in [4.69, 9.17) is 5.73 Å². The van der Waals surface area contributed by atoms with E-state index in [0.717, 1.165) is 27.9 Å². The van der Waals surface area contributed by atoms with Crippen LogP contribution in [0.15, 0.2) is 59.2 Å². The Balaban J connectivity index is 1.98. The number of nitrogens with zero attached hydrogens (tertiary/aromatic N) is 2. The molecule has 0 unspecified atom stereocenters. The van der Waals surface area contributed by atoms with E-state index in [9.17, 15) is 0 Å². The van der Waals surface area contributed by atoms with Crippen LogP contribution in [0, 0.1) is 0 Å². The molecule has 0 aliphatic heterocycles. The van der Waals surface area contributed by atoms with E-state index in [1.165, 1.54) is 10.9 Å². The Morgan fingerprint density at radius 3 is 2.71 bits per heavy atom. The topological polar surface area (TPSA) is 42.1 Å². The normalized spacial score (nSPS) is 10.8. The molecule has 0 spiro atoms. The monoisotopic (exact) mass is 341 g/mol. The lowest BCUT2D eigenvalue weighted by molar-refractivity contribution is 0.905. The number of benzene rings is 2. The van der Waals surface area contributed by atoms with Gasteiger partial charge in [0.2, 0.25) is 0 Å². The maximum atomic E-state index is 5.84. The van der Waals surface area contributed by atoms with Crippen LogP contribution in [-0.4, -0.2) is 12.0 Å². The number of aromatic nitrogens is 1. The third-order valence-corrected chi connectivity index (χ3v) is 4.16. The van der Waals surface area contributed by atoms with Crippen molar-refractivity contribution in [3.05, 3.63) is 64.8 Å². The predicted molar refractivity (Wildman–Crippen MR) is 92.4 cm³/mol. The van der Waals surface area contributed by atoms with Gasteiger partial charge in [0.1, 0.15) is 5.82 Å². The molecule has 3 nitrogen and oxygen atoms in total. The average Bonchev–Trinajstić information content (AvgIpc) is 2.47. The Morgan fingerprint density at radius 2 is 1.90 bits per heavy atom. The van der Waals surface area contributed by atoms with E-state index in [-0.39, 0.29) is 0 Å². The zero-order valence-corrected chi connectivity index (χ0v) is 13.3. The van der Waals surface area contributed by atoms with E-state index in [2.05, 4.69) is 37.9 Å². The fourth-order valence-corrected chi connectivity index (χ4v) is 3.00. The van der Waals surface area contributed by atoms with Gasteiger partial charge in [-0.05, 0) is 29.8 Å². The summed E-state index contributed by atoms with van der Waals surface area (Å²) < 4.78 is 1.08. The van der Waals surface area contributed by atoms with Gasteiger partial charge in [-0.2, -0.15) is 0 Å². The summed E-state index contributed by atoms with van der Waals surface area (Å²) >= 11 is 3.59. The Bertz CT molecular complexity index is 786. The Morgan fingerprint density at radius 1 is 1.10 bits per heavy atom. The standard InChI is InChI=1S/C17H16BrN3/c1-21(11-12-4-2-5-13(19)10-12)17-15-6-3-7-16(18)14(15)8-9-20-17/h2-10H,11,19H2,1H3. The maximum Gasteiger partial charge on any atom is 0.136 e. The molecular formula is C17H16BrN3. The summed E-state index contributed by atoms with van der Waals surface area (Å²) in [4.78, 5) is 6.68. The van der Waals surface area contributed by atoms with Crippen LogP contribution >= 0.6 is 15.9 Å². The highest BCUT2D eigenvalue weighted by Crippen LogP contribution is 2.29. The highest BCUT2D eigenvalue weighted by molar-refractivity contribution is 9.10. The molecule has 1 heterocycles. The van der Waals surface area contributed by atoms with Gasteiger partial charge < -0.3 is 10.6 Å². The highest BCUT2D eigenvalue weighted by atomic mass is 79.9. The first-order valence-corrected chi connectivity index (χ1v) is 7.53. The van der Waals surface area contributed by atoms with Crippen molar-refractivity contribution in [2.45, 2.75) is 6.54 Å². The predicted octanol–water partition coefficient (Wildman–Crippen LogP) is 4.22. The molecule has 1 aromatic heterocycles. The number of anilines is 2. The molecule has 0 saturated carbocycles. The van der Waals surface area contributed by atoms with Crippen molar-refractivity contribution in [3.63, 3.8) is 0 Å². The van der Waals surface area contributed by atoms with Crippen molar-refractivity contribution >= 4 is 38.2 Å². The average molecular weight is 342 g/mol. The third-order valence-electron chi connectivity index (χ3n) is 3.46. The second-order valence-electron chi connectivity index (χ2n) is 5.07. The molecule has 0 amide bonds. The maximum absolute atomic E-state index is 5.84. The zero-order valence-electron chi connectivity index (χ0n) is 11.8. The van der Waals surface area contributed by atoms with Gasteiger partial charge in [0.15, 0.2) is 0 Å². The molecule has 3 aromatic rings. The Labute approximate surface area is 132 Å². The number of nitrogen functional groups attached to an aromatic ring is 1. The largest absolute Gasteiger partial charge is 0.399 e. The first-order chi connectivity index (χ1) is 10.1. The first kappa shape index (κ1) is 13.9. The van der Waals surface area contributed by atoms with Crippen LogP contribution in [0.2, 0.25) is 0 Å². The highest BCUT2D eigenvalue weighted by Gasteiger charge is 2.09. The van der Waals surface area contributed by atoms with Crippen molar-refractivity contribution in [3.8, 4) is 0 Å². The molecule has 0 bridgehead atoms. The number of nitrogens with two attached hydrogens (primary N) is 1. The number of halogens is 1. The van der Waals surface area contributed by atoms with Gasteiger partial charge in [0.25, 0.3) is 0 Å². The van der Waals surface area contributed by atoms with Gasteiger partial charge in [-0.15, -0.1) is 0 Å². The summed E-state index contributed by atoms with van der Waals surface area (Å²) in [6.45, 7) is 0.768. The fourth-order valence-electron chi connectivity index (χ4n) is 2.50. The van der Waals surface area contributed by atoms with Crippen LogP contribution in [-0.2, 0) is 6.54 Å². The summed E-state index contributed by atoms with van der Waals surface area (Å²) in [6, 6.07) is 16.2. The minimum Gasteiger partial charge on any atom is -0.399 e. The molecular weight excluding hydrogens is 326 g/mol. The fraction of sp³-hybridized carbons (Fsp3) is 0.118. The summed E-state index contributed by atoms with van der Waals surface area (Å²) in [6.07, 6.45) is 1.85. The number of rotatable bonds is 3. The summed E-state index contributed by atoms with van der Waals surface area (Å²) in [7, 11) is 2.05. The van der Waals surface area contributed by atoms with Gasteiger partial charge in [0.05, 0.1) is 0 Å². The van der Waals surface area contributed by atoms with Gasteiger partial charge >= 0.3 is 0 Å². The second-order valence-corrected chi connectivity index (χ2v) is 5.92. The van der Waals surface area contributed by atoms with Gasteiger partial charge in [-0.1, -0.05) is 40.2 Å². The van der Waals surface area contributed by atoms with Crippen LogP contribution in [0.3, 0.4) is 0 Å². The van der Waals surface area contributed by atoms with Gasteiger partial charge in [0, 0.05) is 40.7 Å². The van der Waals surface area contributed by atoms with Crippen LogP contribution in [0.25, 0.3) is 10.8 Å².